The zero-order chi connectivity index (χ0) is 14.5. The topological polar surface area (TPSA) is 21.3 Å². The molecule has 0 amide bonds. The molecule has 0 saturated heterocycles. The van der Waals surface area contributed by atoms with Crippen molar-refractivity contribution in [2.45, 2.75) is 26.8 Å². The minimum Gasteiger partial charge on any atom is -0.496 e. The van der Waals surface area contributed by atoms with Gasteiger partial charge in [0.05, 0.1) is 13.2 Å². The highest BCUT2D eigenvalue weighted by Crippen LogP contribution is 2.31. The summed E-state index contributed by atoms with van der Waals surface area (Å²) in [5.74, 6) is 0.933. The zero-order valence-electron chi connectivity index (χ0n) is 12.7. The molecule has 0 aromatic heterocycles. The minimum absolute atomic E-state index is 0.162. The van der Waals surface area contributed by atoms with Gasteiger partial charge in [-0.2, -0.15) is 0 Å². The summed E-state index contributed by atoms with van der Waals surface area (Å²) in [6, 6.07) is 15.1. The second-order valence-corrected chi connectivity index (χ2v) is 5.15. The standard InChI is InChI=1S/C18H23NO/c1-5-19-18(15-8-6-7-13(2)11-15)16-12-14(3)9-10-17(16)20-4/h6-12,18-19H,5H2,1-4H3. The quantitative estimate of drug-likeness (QED) is 0.885. The van der Waals surface area contributed by atoms with Gasteiger partial charge in [-0.15, -0.1) is 0 Å². The molecule has 1 unspecified atom stereocenters. The molecule has 2 rings (SSSR count). The van der Waals surface area contributed by atoms with Crippen LogP contribution in [0.3, 0.4) is 0 Å². The van der Waals surface area contributed by atoms with Gasteiger partial charge in [-0.1, -0.05) is 54.4 Å². The van der Waals surface area contributed by atoms with Gasteiger partial charge in [0.15, 0.2) is 0 Å². The van der Waals surface area contributed by atoms with Crippen molar-refractivity contribution in [2.75, 3.05) is 13.7 Å². The van der Waals surface area contributed by atoms with E-state index in [1.165, 1.54) is 22.3 Å². The Hall–Kier alpha value is -1.80. The second kappa shape index (κ2) is 6.58. The SMILES string of the molecule is CCNC(c1cccc(C)c1)c1cc(C)ccc1OC. The molecule has 2 heteroatoms. The van der Waals surface area contributed by atoms with E-state index in [-0.39, 0.29) is 6.04 Å². The van der Waals surface area contributed by atoms with Gasteiger partial charge < -0.3 is 10.1 Å². The molecule has 1 N–H and O–H groups in total. The maximum atomic E-state index is 5.54. The summed E-state index contributed by atoms with van der Waals surface area (Å²) in [5.41, 5.74) is 4.99. The van der Waals surface area contributed by atoms with Crippen LogP contribution in [0.5, 0.6) is 5.75 Å². The van der Waals surface area contributed by atoms with Crippen LogP contribution in [0.25, 0.3) is 0 Å². The summed E-state index contributed by atoms with van der Waals surface area (Å²) >= 11 is 0. The molecule has 0 fully saturated rings. The van der Waals surface area contributed by atoms with Crippen LogP contribution >= 0.6 is 0 Å². The molecule has 0 spiro atoms. The van der Waals surface area contributed by atoms with Gasteiger partial charge in [0.2, 0.25) is 0 Å². The van der Waals surface area contributed by atoms with Gasteiger partial charge in [-0.3, -0.25) is 0 Å². The summed E-state index contributed by atoms with van der Waals surface area (Å²) in [5, 5.41) is 3.56. The van der Waals surface area contributed by atoms with E-state index in [0.29, 0.717) is 0 Å². The van der Waals surface area contributed by atoms with Crippen LogP contribution in [-0.2, 0) is 0 Å². The van der Waals surface area contributed by atoms with Crippen LogP contribution in [-0.4, -0.2) is 13.7 Å². The Kier molecular flexibility index (Phi) is 4.80. The number of ether oxygens (including phenoxy) is 1. The smallest absolute Gasteiger partial charge is 0.123 e. The van der Waals surface area contributed by atoms with Gasteiger partial charge in [0.25, 0.3) is 0 Å². The van der Waals surface area contributed by atoms with Gasteiger partial charge in [-0.05, 0) is 32.0 Å². The summed E-state index contributed by atoms with van der Waals surface area (Å²) in [7, 11) is 1.73. The Bertz CT molecular complexity index is 577. The monoisotopic (exact) mass is 269 g/mol. The molecule has 20 heavy (non-hydrogen) atoms. The molecule has 0 saturated carbocycles. The van der Waals surface area contributed by atoms with Crippen LogP contribution in [0.15, 0.2) is 42.5 Å². The first kappa shape index (κ1) is 14.6. The van der Waals surface area contributed by atoms with Crippen molar-refractivity contribution in [3.05, 3.63) is 64.7 Å². The fourth-order valence-corrected chi connectivity index (χ4v) is 2.54. The fourth-order valence-electron chi connectivity index (χ4n) is 2.54. The molecule has 2 aromatic rings. The summed E-state index contributed by atoms with van der Waals surface area (Å²) in [6.45, 7) is 7.28. The summed E-state index contributed by atoms with van der Waals surface area (Å²) < 4.78 is 5.54. The second-order valence-electron chi connectivity index (χ2n) is 5.15. The highest BCUT2D eigenvalue weighted by atomic mass is 16.5. The molecule has 0 aliphatic heterocycles. The van der Waals surface area contributed by atoms with Crippen LogP contribution in [0.4, 0.5) is 0 Å². The summed E-state index contributed by atoms with van der Waals surface area (Å²) in [4.78, 5) is 0. The highest BCUT2D eigenvalue weighted by molar-refractivity contribution is 5.44. The van der Waals surface area contributed by atoms with E-state index < -0.39 is 0 Å². The predicted molar refractivity (Wildman–Crippen MR) is 84.4 cm³/mol. The molecule has 0 aliphatic carbocycles. The largest absolute Gasteiger partial charge is 0.496 e. The van der Waals surface area contributed by atoms with Crippen molar-refractivity contribution in [1.82, 2.24) is 5.32 Å². The third-order valence-electron chi connectivity index (χ3n) is 3.48. The number of aryl methyl sites for hydroxylation is 2. The number of nitrogens with one attached hydrogen (secondary N) is 1. The van der Waals surface area contributed by atoms with E-state index in [9.17, 15) is 0 Å². The molecule has 0 bridgehead atoms. The lowest BCUT2D eigenvalue weighted by atomic mass is 9.95. The van der Waals surface area contributed by atoms with Crippen molar-refractivity contribution in [3.63, 3.8) is 0 Å². The van der Waals surface area contributed by atoms with Crippen LogP contribution < -0.4 is 10.1 Å². The number of hydrogen-bond acceptors (Lipinski definition) is 2. The van der Waals surface area contributed by atoms with E-state index >= 15 is 0 Å². The van der Waals surface area contributed by atoms with Gasteiger partial charge in [-0.25, -0.2) is 0 Å². The third-order valence-corrected chi connectivity index (χ3v) is 3.48. The summed E-state index contributed by atoms with van der Waals surface area (Å²) in [6.07, 6.45) is 0. The molecular formula is C18H23NO. The molecule has 0 radical (unpaired) electrons. The van der Waals surface area contributed by atoms with E-state index in [1.807, 2.05) is 6.07 Å². The number of benzene rings is 2. The lowest BCUT2D eigenvalue weighted by Crippen LogP contribution is -2.22. The van der Waals surface area contributed by atoms with E-state index in [0.717, 1.165) is 12.3 Å². The Morgan fingerprint density at radius 2 is 1.80 bits per heavy atom. The molecule has 2 aromatic carbocycles. The number of rotatable bonds is 5. The Morgan fingerprint density at radius 3 is 2.45 bits per heavy atom. The predicted octanol–water partition coefficient (Wildman–Crippen LogP) is 4.01. The van der Waals surface area contributed by atoms with Gasteiger partial charge >= 0.3 is 0 Å². The zero-order valence-corrected chi connectivity index (χ0v) is 12.7. The Labute approximate surface area is 121 Å². The van der Waals surface area contributed by atoms with Crippen LogP contribution in [0, 0.1) is 13.8 Å². The van der Waals surface area contributed by atoms with Crippen molar-refractivity contribution < 1.29 is 4.74 Å². The first-order chi connectivity index (χ1) is 9.65. The molecular weight excluding hydrogens is 246 g/mol. The van der Waals surface area contributed by atoms with Gasteiger partial charge in [0.1, 0.15) is 5.75 Å². The third kappa shape index (κ3) is 3.20. The first-order valence-corrected chi connectivity index (χ1v) is 7.10. The maximum absolute atomic E-state index is 5.54. The van der Waals surface area contributed by atoms with E-state index in [4.69, 9.17) is 4.74 Å². The average Bonchev–Trinajstić information content (AvgIpc) is 2.44. The molecule has 2 nitrogen and oxygen atoms in total. The molecule has 0 heterocycles. The molecule has 106 valence electrons. The Balaban J connectivity index is 2.50. The maximum Gasteiger partial charge on any atom is 0.123 e. The minimum atomic E-state index is 0.162. The lowest BCUT2D eigenvalue weighted by Gasteiger charge is -2.22. The van der Waals surface area contributed by atoms with Gasteiger partial charge in [0, 0.05) is 5.56 Å². The normalized spacial score (nSPS) is 12.2. The van der Waals surface area contributed by atoms with Crippen molar-refractivity contribution in [1.29, 1.82) is 0 Å². The van der Waals surface area contributed by atoms with Crippen molar-refractivity contribution in [3.8, 4) is 5.75 Å². The average molecular weight is 269 g/mol. The van der Waals surface area contributed by atoms with Crippen LogP contribution in [0.2, 0.25) is 0 Å². The number of methoxy groups -OCH3 is 1. The first-order valence-electron chi connectivity index (χ1n) is 7.10. The number of hydrogen-bond donors (Lipinski definition) is 1. The Morgan fingerprint density at radius 1 is 1.05 bits per heavy atom. The van der Waals surface area contributed by atoms with E-state index in [1.54, 1.807) is 7.11 Å². The molecule has 1 atom stereocenters. The van der Waals surface area contributed by atoms with Crippen LogP contribution in [0.1, 0.15) is 35.2 Å². The van der Waals surface area contributed by atoms with E-state index in [2.05, 4.69) is 62.5 Å². The van der Waals surface area contributed by atoms with Crippen molar-refractivity contribution >= 4 is 0 Å². The molecule has 0 aliphatic rings. The van der Waals surface area contributed by atoms with Crippen molar-refractivity contribution in [2.24, 2.45) is 0 Å². The highest BCUT2D eigenvalue weighted by Gasteiger charge is 2.17. The lowest BCUT2D eigenvalue weighted by molar-refractivity contribution is 0.404. The fraction of sp³-hybridized carbons (Fsp3) is 0.333.